The third-order valence-electron chi connectivity index (χ3n) is 7.13. The Morgan fingerprint density at radius 1 is 1.18 bits per heavy atom. The number of carboxylic acid groups (broad SMARTS) is 1. The molecular formula is C28H34O6. The molecule has 1 N–H and O–H groups in total. The number of fused-ring (bicyclic) bond motifs is 3. The average Bonchev–Trinajstić information content (AvgIpc) is 2.78. The Morgan fingerprint density at radius 3 is 2.65 bits per heavy atom. The number of hydrogen-bond donors (Lipinski definition) is 1. The molecule has 5 atom stereocenters. The normalized spacial score (nSPS) is 24.2. The van der Waals surface area contributed by atoms with Crippen molar-refractivity contribution in [3.05, 3.63) is 53.6 Å². The molecule has 0 saturated heterocycles. The molecule has 0 amide bonds. The van der Waals surface area contributed by atoms with E-state index in [0.717, 1.165) is 31.2 Å². The lowest BCUT2D eigenvalue weighted by Gasteiger charge is -2.43. The minimum Gasteiger partial charge on any atom is -0.490 e. The first kappa shape index (κ1) is 24.1. The smallest absolute Gasteiger partial charge is 0.308 e. The molecule has 1 saturated carbocycles. The third kappa shape index (κ3) is 5.54. The number of carbonyl (C=O) groups excluding carboxylic acids is 1. The van der Waals surface area contributed by atoms with Gasteiger partial charge in [-0.15, -0.1) is 0 Å². The van der Waals surface area contributed by atoms with Crippen molar-refractivity contribution in [3.8, 4) is 17.2 Å². The van der Waals surface area contributed by atoms with Crippen LogP contribution >= 0.6 is 0 Å². The highest BCUT2D eigenvalue weighted by Crippen LogP contribution is 2.53. The summed E-state index contributed by atoms with van der Waals surface area (Å²) in [4.78, 5) is 23.6. The standard InChI is InChI=1S/C28H34O6/c1-17(8-7-11-20-9-5-4-6-10-20)32-22-15-25-27(26(16-22)34-19(3)29)24-14-21(28(30)31)12-13-23(24)18(2)33-25/h4-6,9-10,15-18,21,23-24H,7-8,11-14H2,1-3H3,(H,30,31)/t17-,18+,21-,23+,24-/m1/s1. The molecule has 0 unspecified atom stereocenters. The fourth-order valence-corrected chi connectivity index (χ4v) is 5.48. The second-order valence-electron chi connectivity index (χ2n) is 9.67. The Hall–Kier alpha value is -3.02. The summed E-state index contributed by atoms with van der Waals surface area (Å²) in [5.74, 6) is 0.230. The number of benzene rings is 2. The van der Waals surface area contributed by atoms with Crippen LogP contribution in [0, 0.1) is 11.8 Å². The van der Waals surface area contributed by atoms with Crippen LogP contribution in [-0.2, 0) is 16.0 Å². The van der Waals surface area contributed by atoms with Crippen LogP contribution in [0.25, 0.3) is 0 Å². The molecule has 0 radical (unpaired) electrons. The molecule has 1 aliphatic heterocycles. The molecule has 6 heteroatoms. The summed E-state index contributed by atoms with van der Waals surface area (Å²) >= 11 is 0. The molecule has 182 valence electrons. The summed E-state index contributed by atoms with van der Waals surface area (Å²) in [6.07, 6.45) is 4.75. The van der Waals surface area contributed by atoms with Gasteiger partial charge < -0.3 is 19.3 Å². The third-order valence-corrected chi connectivity index (χ3v) is 7.13. The summed E-state index contributed by atoms with van der Waals surface area (Å²) in [6.45, 7) is 5.44. The van der Waals surface area contributed by atoms with Gasteiger partial charge in [0, 0.05) is 30.5 Å². The van der Waals surface area contributed by atoms with E-state index in [4.69, 9.17) is 14.2 Å². The highest BCUT2D eigenvalue weighted by molar-refractivity contribution is 5.72. The van der Waals surface area contributed by atoms with Crippen LogP contribution in [0.1, 0.15) is 69.9 Å². The van der Waals surface area contributed by atoms with Gasteiger partial charge in [-0.25, -0.2) is 0 Å². The molecular weight excluding hydrogens is 432 g/mol. The average molecular weight is 467 g/mol. The van der Waals surface area contributed by atoms with Crippen molar-refractivity contribution < 1.29 is 28.9 Å². The maximum absolute atomic E-state index is 11.9. The number of hydrogen-bond acceptors (Lipinski definition) is 5. The van der Waals surface area contributed by atoms with Crippen LogP contribution in [0.2, 0.25) is 0 Å². The first-order chi connectivity index (χ1) is 16.3. The molecule has 2 aromatic carbocycles. The molecule has 0 bridgehead atoms. The van der Waals surface area contributed by atoms with E-state index in [2.05, 4.69) is 24.3 Å². The van der Waals surface area contributed by atoms with E-state index in [1.54, 1.807) is 6.07 Å². The van der Waals surface area contributed by atoms with Crippen molar-refractivity contribution in [2.24, 2.45) is 11.8 Å². The highest BCUT2D eigenvalue weighted by Gasteiger charge is 2.44. The monoisotopic (exact) mass is 466 g/mol. The topological polar surface area (TPSA) is 82.1 Å². The largest absolute Gasteiger partial charge is 0.490 e. The van der Waals surface area contributed by atoms with E-state index in [0.29, 0.717) is 30.1 Å². The van der Waals surface area contributed by atoms with Crippen LogP contribution in [0.5, 0.6) is 17.2 Å². The van der Waals surface area contributed by atoms with Crippen LogP contribution < -0.4 is 14.2 Å². The number of ether oxygens (including phenoxy) is 3. The van der Waals surface area contributed by atoms with Crippen LogP contribution in [0.3, 0.4) is 0 Å². The predicted molar refractivity (Wildman–Crippen MR) is 129 cm³/mol. The first-order valence-electron chi connectivity index (χ1n) is 12.3. The predicted octanol–water partition coefficient (Wildman–Crippen LogP) is 5.77. The quantitative estimate of drug-likeness (QED) is 0.393. The molecule has 1 heterocycles. The van der Waals surface area contributed by atoms with Gasteiger partial charge in [-0.1, -0.05) is 30.3 Å². The molecule has 2 aliphatic rings. The lowest BCUT2D eigenvalue weighted by molar-refractivity contribution is -0.144. The number of esters is 1. The van der Waals surface area contributed by atoms with Crippen molar-refractivity contribution in [3.63, 3.8) is 0 Å². The Bertz CT molecular complexity index is 1020. The summed E-state index contributed by atoms with van der Waals surface area (Å²) in [5, 5.41) is 9.61. The zero-order chi connectivity index (χ0) is 24.2. The maximum Gasteiger partial charge on any atom is 0.308 e. The number of carboxylic acids is 1. The Morgan fingerprint density at radius 2 is 1.94 bits per heavy atom. The Kier molecular flexibility index (Phi) is 7.44. The van der Waals surface area contributed by atoms with E-state index in [-0.39, 0.29) is 24.0 Å². The zero-order valence-corrected chi connectivity index (χ0v) is 20.2. The summed E-state index contributed by atoms with van der Waals surface area (Å²) in [5.41, 5.74) is 2.11. The first-order valence-corrected chi connectivity index (χ1v) is 12.3. The molecule has 0 spiro atoms. The van der Waals surface area contributed by atoms with Gasteiger partial charge in [-0.2, -0.15) is 0 Å². The van der Waals surface area contributed by atoms with Crippen LogP contribution in [0.15, 0.2) is 42.5 Å². The van der Waals surface area contributed by atoms with E-state index < -0.39 is 17.9 Å². The Balaban J connectivity index is 1.53. The molecule has 6 nitrogen and oxygen atoms in total. The van der Waals surface area contributed by atoms with Gasteiger partial charge in [0.15, 0.2) is 0 Å². The minimum absolute atomic E-state index is 0.0215. The highest BCUT2D eigenvalue weighted by atomic mass is 16.5. The van der Waals surface area contributed by atoms with Gasteiger partial charge in [0.1, 0.15) is 17.2 Å². The molecule has 1 fully saturated rings. The summed E-state index contributed by atoms with van der Waals surface area (Å²) in [6, 6.07) is 14.0. The SMILES string of the molecule is CC(=O)Oc1cc(O[C@H](C)CCCc2ccccc2)cc2c1[C@@H]1C[C@H](C(=O)O)CC[C@H]1[C@H](C)O2. The van der Waals surface area contributed by atoms with Gasteiger partial charge >= 0.3 is 11.9 Å². The van der Waals surface area contributed by atoms with Crippen LogP contribution in [-0.4, -0.2) is 29.3 Å². The lowest BCUT2D eigenvalue weighted by atomic mass is 9.67. The second kappa shape index (κ2) is 10.5. The number of aryl methyl sites for hydroxylation is 1. The minimum atomic E-state index is -0.766. The number of aliphatic carboxylic acids is 1. The molecule has 1 aliphatic carbocycles. The van der Waals surface area contributed by atoms with E-state index in [1.165, 1.54) is 12.5 Å². The van der Waals surface area contributed by atoms with Gasteiger partial charge in [-0.05, 0) is 63.9 Å². The molecule has 0 aromatic heterocycles. The number of carbonyl (C=O) groups is 2. The fraction of sp³-hybridized carbons (Fsp3) is 0.500. The summed E-state index contributed by atoms with van der Waals surface area (Å²) < 4.78 is 18.1. The van der Waals surface area contributed by atoms with Crippen molar-refractivity contribution in [1.82, 2.24) is 0 Å². The van der Waals surface area contributed by atoms with Gasteiger partial charge in [-0.3, -0.25) is 9.59 Å². The maximum atomic E-state index is 11.9. The van der Waals surface area contributed by atoms with E-state index in [1.807, 2.05) is 26.0 Å². The van der Waals surface area contributed by atoms with Crippen LogP contribution in [0.4, 0.5) is 0 Å². The van der Waals surface area contributed by atoms with E-state index in [9.17, 15) is 14.7 Å². The molecule has 4 rings (SSSR count). The van der Waals surface area contributed by atoms with E-state index >= 15 is 0 Å². The van der Waals surface area contributed by atoms with Gasteiger partial charge in [0.05, 0.1) is 18.1 Å². The fourth-order valence-electron chi connectivity index (χ4n) is 5.48. The Labute approximate surface area is 201 Å². The number of rotatable bonds is 8. The lowest BCUT2D eigenvalue weighted by Crippen LogP contribution is -2.39. The van der Waals surface area contributed by atoms with Crippen molar-refractivity contribution in [2.75, 3.05) is 0 Å². The molecule has 2 aromatic rings. The van der Waals surface area contributed by atoms with Gasteiger partial charge in [0.2, 0.25) is 0 Å². The van der Waals surface area contributed by atoms with Crippen molar-refractivity contribution in [1.29, 1.82) is 0 Å². The molecule has 34 heavy (non-hydrogen) atoms. The van der Waals surface area contributed by atoms with Gasteiger partial charge in [0.25, 0.3) is 0 Å². The van der Waals surface area contributed by atoms with Crippen molar-refractivity contribution in [2.45, 2.75) is 77.4 Å². The van der Waals surface area contributed by atoms with Crippen molar-refractivity contribution >= 4 is 11.9 Å². The zero-order valence-electron chi connectivity index (χ0n) is 20.2. The summed E-state index contributed by atoms with van der Waals surface area (Å²) in [7, 11) is 0. The second-order valence-corrected chi connectivity index (χ2v) is 9.67.